The lowest BCUT2D eigenvalue weighted by molar-refractivity contribution is -0.138. The summed E-state index contributed by atoms with van der Waals surface area (Å²) in [6.07, 6.45) is -1.56. The van der Waals surface area contributed by atoms with Crippen molar-refractivity contribution in [3.05, 3.63) is 47.8 Å². The van der Waals surface area contributed by atoms with Crippen LogP contribution in [-0.4, -0.2) is 4.98 Å². The summed E-state index contributed by atoms with van der Waals surface area (Å²) in [4.78, 5) is 3.85. The zero-order valence-electron chi connectivity index (χ0n) is 10.0. The third kappa shape index (κ3) is 2.96. The lowest BCUT2D eigenvalue weighted by Crippen LogP contribution is -2.08. The second-order valence-electron chi connectivity index (χ2n) is 4.00. The fourth-order valence-electron chi connectivity index (χ4n) is 1.55. The lowest BCUT2D eigenvalue weighted by Gasteiger charge is -2.15. The van der Waals surface area contributed by atoms with E-state index in [0.29, 0.717) is 11.3 Å². The minimum Gasteiger partial charge on any atom is -0.456 e. The van der Waals surface area contributed by atoms with Crippen LogP contribution in [0.3, 0.4) is 0 Å². The molecule has 0 fully saturated rings. The number of ether oxygens (including phenoxy) is 1. The molecule has 0 saturated carbocycles. The van der Waals surface area contributed by atoms with Crippen molar-refractivity contribution in [3.63, 3.8) is 0 Å². The third-order valence-electron chi connectivity index (χ3n) is 2.50. The van der Waals surface area contributed by atoms with Crippen LogP contribution in [0.5, 0.6) is 11.5 Å². The smallest absolute Gasteiger partial charge is 0.420 e. The molecule has 2 aromatic rings. The topological polar surface area (TPSA) is 48.1 Å². The first-order valence-corrected chi connectivity index (χ1v) is 5.43. The number of rotatable bonds is 2. The Balaban J connectivity index is 2.44. The number of halogens is 3. The number of alkyl halides is 3. The van der Waals surface area contributed by atoms with E-state index in [1.54, 1.807) is 6.92 Å². The normalized spacial score (nSPS) is 11.4. The molecule has 0 atom stereocenters. The van der Waals surface area contributed by atoms with Crippen LogP contribution in [0, 0.1) is 6.92 Å². The summed E-state index contributed by atoms with van der Waals surface area (Å²) in [5.74, 6) is 0.0428. The third-order valence-corrected chi connectivity index (χ3v) is 2.50. The first-order chi connectivity index (χ1) is 8.88. The fraction of sp³-hybridized carbons (Fsp3) is 0.154. The molecule has 6 heteroatoms. The molecule has 0 aliphatic rings. The average Bonchev–Trinajstić information content (AvgIpc) is 2.33. The molecule has 19 heavy (non-hydrogen) atoms. The van der Waals surface area contributed by atoms with Gasteiger partial charge in [0.25, 0.3) is 0 Å². The van der Waals surface area contributed by atoms with E-state index >= 15 is 0 Å². The van der Waals surface area contributed by atoms with Crippen LogP contribution in [0.2, 0.25) is 0 Å². The Bertz CT molecular complexity index is 597. The van der Waals surface area contributed by atoms with E-state index in [0.717, 1.165) is 6.07 Å². The van der Waals surface area contributed by atoms with Gasteiger partial charge in [0.05, 0.1) is 0 Å². The van der Waals surface area contributed by atoms with E-state index < -0.39 is 11.7 Å². The van der Waals surface area contributed by atoms with Crippen LogP contribution < -0.4 is 10.5 Å². The van der Waals surface area contributed by atoms with Crippen LogP contribution in [0.1, 0.15) is 11.1 Å². The molecule has 0 saturated heterocycles. The zero-order chi connectivity index (χ0) is 14.0. The van der Waals surface area contributed by atoms with Crippen LogP contribution in [0.4, 0.5) is 18.9 Å². The number of anilines is 1. The van der Waals surface area contributed by atoms with Crippen molar-refractivity contribution in [3.8, 4) is 11.5 Å². The number of nitrogens with zero attached hydrogens (tertiary/aromatic N) is 1. The Morgan fingerprint density at radius 2 is 1.89 bits per heavy atom. The van der Waals surface area contributed by atoms with E-state index in [-0.39, 0.29) is 11.4 Å². The van der Waals surface area contributed by atoms with E-state index in [4.69, 9.17) is 10.5 Å². The molecule has 0 aliphatic carbocycles. The van der Waals surface area contributed by atoms with Gasteiger partial charge in [-0.05, 0) is 31.2 Å². The number of hydrogen-bond donors (Lipinski definition) is 1. The highest BCUT2D eigenvalue weighted by atomic mass is 19.4. The van der Waals surface area contributed by atoms with E-state index in [2.05, 4.69) is 4.98 Å². The number of pyridine rings is 1. The molecule has 1 aromatic heterocycles. The van der Waals surface area contributed by atoms with E-state index in [1.807, 2.05) is 0 Å². The van der Waals surface area contributed by atoms with Gasteiger partial charge in [-0.3, -0.25) is 4.98 Å². The van der Waals surface area contributed by atoms with Crippen molar-refractivity contribution in [1.29, 1.82) is 0 Å². The molecule has 2 N–H and O–H groups in total. The summed E-state index contributed by atoms with van der Waals surface area (Å²) in [7, 11) is 0. The Labute approximate surface area is 107 Å². The predicted molar refractivity (Wildman–Crippen MR) is 64.9 cm³/mol. The van der Waals surface area contributed by atoms with E-state index in [1.165, 1.54) is 30.6 Å². The standard InChI is InChI=1S/C13H11F3N2O/c1-8-7-18-5-4-11(8)19-12-3-2-9(17)6-10(12)13(14,15)16/h2-7H,17H2,1H3. The van der Waals surface area contributed by atoms with Gasteiger partial charge in [-0.15, -0.1) is 0 Å². The monoisotopic (exact) mass is 268 g/mol. The van der Waals surface area contributed by atoms with Gasteiger partial charge >= 0.3 is 6.18 Å². The minimum atomic E-state index is -4.52. The second kappa shape index (κ2) is 4.79. The SMILES string of the molecule is Cc1cnccc1Oc1ccc(N)cc1C(F)(F)F. The molecular formula is C13H11F3N2O. The Morgan fingerprint density at radius 3 is 2.53 bits per heavy atom. The zero-order valence-corrected chi connectivity index (χ0v) is 10.0. The number of hydrogen-bond acceptors (Lipinski definition) is 3. The van der Waals surface area contributed by atoms with Crippen molar-refractivity contribution >= 4 is 5.69 Å². The summed E-state index contributed by atoms with van der Waals surface area (Å²) in [6.45, 7) is 1.70. The van der Waals surface area contributed by atoms with Gasteiger partial charge in [-0.1, -0.05) is 0 Å². The number of nitrogen functional groups attached to an aromatic ring is 1. The maximum absolute atomic E-state index is 12.9. The molecule has 0 amide bonds. The molecule has 0 bridgehead atoms. The first kappa shape index (κ1) is 13.2. The molecule has 3 nitrogen and oxygen atoms in total. The van der Waals surface area contributed by atoms with Crippen LogP contribution in [-0.2, 0) is 6.18 Å². The van der Waals surface area contributed by atoms with Crippen molar-refractivity contribution in [1.82, 2.24) is 4.98 Å². The molecule has 1 heterocycles. The summed E-state index contributed by atoms with van der Waals surface area (Å²) < 4.78 is 44.0. The molecule has 100 valence electrons. The number of benzene rings is 1. The highest BCUT2D eigenvalue weighted by molar-refractivity contribution is 5.50. The molecule has 0 spiro atoms. The minimum absolute atomic E-state index is 0.0334. The van der Waals surface area contributed by atoms with Gasteiger partial charge in [-0.25, -0.2) is 0 Å². The molecule has 1 aromatic carbocycles. The Kier molecular flexibility index (Phi) is 3.33. The number of aryl methyl sites for hydroxylation is 1. The van der Waals surface area contributed by atoms with Gasteiger partial charge in [-0.2, -0.15) is 13.2 Å². The largest absolute Gasteiger partial charge is 0.456 e. The lowest BCUT2D eigenvalue weighted by atomic mass is 10.1. The first-order valence-electron chi connectivity index (χ1n) is 5.43. The Morgan fingerprint density at radius 1 is 1.16 bits per heavy atom. The highest BCUT2D eigenvalue weighted by Gasteiger charge is 2.34. The van der Waals surface area contributed by atoms with Crippen molar-refractivity contribution in [2.45, 2.75) is 13.1 Å². The van der Waals surface area contributed by atoms with E-state index in [9.17, 15) is 13.2 Å². The predicted octanol–water partition coefficient (Wildman–Crippen LogP) is 3.78. The van der Waals surface area contributed by atoms with Crippen molar-refractivity contribution in [2.24, 2.45) is 0 Å². The summed E-state index contributed by atoms with van der Waals surface area (Å²) >= 11 is 0. The number of aromatic nitrogens is 1. The van der Waals surface area contributed by atoms with Gasteiger partial charge in [0.1, 0.15) is 17.1 Å². The number of nitrogens with two attached hydrogens (primary N) is 1. The Hall–Kier alpha value is -2.24. The second-order valence-corrected chi connectivity index (χ2v) is 4.00. The molecule has 0 radical (unpaired) electrons. The van der Waals surface area contributed by atoms with Gasteiger partial charge in [0.2, 0.25) is 0 Å². The maximum Gasteiger partial charge on any atom is 0.420 e. The summed E-state index contributed by atoms with van der Waals surface area (Å²) in [6, 6.07) is 4.93. The quantitative estimate of drug-likeness (QED) is 0.843. The van der Waals surface area contributed by atoms with Crippen molar-refractivity contribution in [2.75, 3.05) is 5.73 Å². The average molecular weight is 268 g/mol. The van der Waals surface area contributed by atoms with Crippen LogP contribution in [0.25, 0.3) is 0 Å². The molecular weight excluding hydrogens is 257 g/mol. The van der Waals surface area contributed by atoms with Gasteiger partial charge in [0, 0.05) is 23.6 Å². The van der Waals surface area contributed by atoms with Gasteiger partial charge in [0.15, 0.2) is 0 Å². The molecule has 2 rings (SSSR count). The fourth-order valence-corrected chi connectivity index (χ4v) is 1.55. The molecule has 0 aliphatic heterocycles. The van der Waals surface area contributed by atoms with Gasteiger partial charge < -0.3 is 10.5 Å². The van der Waals surface area contributed by atoms with Crippen LogP contribution >= 0.6 is 0 Å². The molecule has 0 unspecified atom stereocenters. The van der Waals surface area contributed by atoms with Crippen molar-refractivity contribution < 1.29 is 17.9 Å². The van der Waals surface area contributed by atoms with Crippen LogP contribution in [0.15, 0.2) is 36.7 Å². The summed E-state index contributed by atoms with van der Waals surface area (Å²) in [5, 5.41) is 0. The highest BCUT2D eigenvalue weighted by Crippen LogP contribution is 2.39. The maximum atomic E-state index is 12.9. The summed E-state index contributed by atoms with van der Waals surface area (Å²) in [5.41, 5.74) is 5.16.